The Labute approximate surface area is 196 Å². The van der Waals surface area contributed by atoms with Crippen molar-refractivity contribution in [2.24, 2.45) is 11.8 Å². The average Bonchev–Trinajstić information content (AvgIpc) is 3.21. The molecule has 4 heterocycles. The molecule has 33 heavy (non-hydrogen) atoms. The predicted molar refractivity (Wildman–Crippen MR) is 123 cm³/mol. The molecule has 1 amide bonds. The first-order valence-corrected chi connectivity index (χ1v) is 12.4. The van der Waals surface area contributed by atoms with Gasteiger partial charge in [0.1, 0.15) is 11.4 Å². The normalized spacial score (nSPS) is 34.5. The van der Waals surface area contributed by atoms with Crippen LogP contribution in [0.3, 0.4) is 0 Å². The van der Waals surface area contributed by atoms with E-state index in [9.17, 15) is 14.7 Å². The number of fused-ring (bicyclic) bond motifs is 3. The van der Waals surface area contributed by atoms with Gasteiger partial charge < -0.3 is 24.4 Å². The van der Waals surface area contributed by atoms with Gasteiger partial charge in [-0.05, 0) is 71.7 Å². The first-order chi connectivity index (χ1) is 15.8. The fourth-order valence-corrected chi connectivity index (χ4v) is 6.63. The molecule has 0 aliphatic carbocycles. The minimum atomic E-state index is -0.818. The molecular weight excluding hydrogens is 420 g/mol. The summed E-state index contributed by atoms with van der Waals surface area (Å²) >= 11 is 0. The summed E-state index contributed by atoms with van der Waals surface area (Å²) in [5.74, 6) is 0.337. The van der Waals surface area contributed by atoms with Gasteiger partial charge in [-0.1, -0.05) is 18.2 Å². The summed E-state index contributed by atoms with van der Waals surface area (Å²) in [6.45, 7) is 5.29. The molecule has 7 heteroatoms. The molecule has 1 aromatic carbocycles. The summed E-state index contributed by atoms with van der Waals surface area (Å²) in [5, 5.41) is 9.39. The molecule has 0 radical (unpaired) electrons. The summed E-state index contributed by atoms with van der Waals surface area (Å²) in [7, 11) is 2.12. The van der Waals surface area contributed by atoms with E-state index in [0.29, 0.717) is 13.0 Å². The van der Waals surface area contributed by atoms with Gasteiger partial charge in [0, 0.05) is 30.4 Å². The summed E-state index contributed by atoms with van der Waals surface area (Å²) in [6, 6.07) is 7.94. The minimum Gasteiger partial charge on any atom is -0.487 e. The number of carbonyl (C=O) groups is 2. The number of benzene rings is 1. The van der Waals surface area contributed by atoms with Crippen molar-refractivity contribution in [3.8, 4) is 5.75 Å². The van der Waals surface area contributed by atoms with Gasteiger partial charge in [0.15, 0.2) is 0 Å². The second-order valence-corrected chi connectivity index (χ2v) is 10.8. The lowest BCUT2D eigenvalue weighted by Gasteiger charge is -2.55. The second-order valence-electron chi connectivity index (χ2n) is 10.8. The lowest BCUT2D eigenvalue weighted by atomic mass is 9.68. The third-order valence-electron chi connectivity index (χ3n) is 8.62. The average molecular weight is 457 g/mol. The van der Waals surface area contributed by atoms with Crippen molar-refractivity contribution in [2.75, 3.05) is 33.3 Å². The SMILES string of the molecule is CN1CCC(C(=O)N2CCC[C@]23CO[C@H]2c4ccccc4O[C@@](C)(CCC(=O)O)[C@@H]2C3)CC1. The Bertz CT molecular complexity index is 914. The quantitative estimate of drug-likeness (QED) is 0.747. The summed E-state index contributed by atoms with van der Waals surface area (Å²) in [4.78, 5) is 29.5. The van der Waals surface area contributed by atoms with Crippen LogP contribution in [0.1, 0.15) is 63.5 Å². The zero-order valence-electron chi connectivity index (χ0n) is 19.8. The van der Waals surface area contributed by atoms with E-state index in [4.69, 9.17) is 9.47 Å². The smallest absolute Gasteiger partial charge is 0.303 e. The number of carboxylic acid groups (broad SMARTS) is 1. The fourth-order valence-electron chi connectivity index (χ4n) is 6.63. The van der Waals surface area contributed by atoms with E-state index in [1.807, 2.05) is 25.1 Å². The Kier molecular flexibility index (Phi) is 5.90. The van der Waals surface area contributed by atoms with Crippen LogP contribution in [0.4, 0.5) is 0 Å². The number of hydrogen-bond donors (Lipinski definition) is 1. The fraction of sp³-hybridized carbons (Fsp3) is 0.692. The van der Waals surface area contributed by atoms with Crippen molar-refractivity contribution in [2.45, 2.75) is 69.1 Å². The molecule has 0 saturated carbocycles. The standard InChI is InChI=1S/C26H36N2O5/c1-25(12-8-22(29)30)20-16-26(17-32-23(20)19-6-3-4-7-21(19)33-25)11-5-13-28(26)24(31)18-9-14-27(2)15-10-18/h3-4,6-7,18,20,23H,5,8-17H2,1-2H3,(H,29,30)/t20-,23+,25+,26+/m1/s1. The van der Waals surface area contributed by atoms with Gasteiger partial charge >= 0.3 is 5.97 Å². The van der Waals surface area contributed by atoms with Gasteiger partial charge in [-0.2, -0.15) is 0 Å². The first-order valence-electron chi connectivity index (χ1n) is 12.4. The third kappa shape index (κ3) is 4.03. The predicted octanol–water partition coefficient (Wildman–Crippen LogP) is 3.48. The molecule has 180 valence electrons. The summed E-state index contributed by atoms with van der Waals surface area (Å²) < 4.78 is 13.1. The van der Waals surface area contributed by atoms with Gasteiger partial charge in [-0.25, -0.2) is 0 Å². The van der Waals surface area contributed by atoms with Crippen LogP contribution in [0.5, 0.6) is 5.75 Å². The molecule has 7 nitrogen and oxygen atoms in total. The monoisotopic (exact) mass is 456 g/mol. The van der Waals surface area contributed by atoms with Crippen LogP contribution < -0.4 is 4.74 Å². The molecule has 3 fully saturated rings. The van der Waals surface area contributed by atoms with E-state index in [2.05, 4.69) is 22.9 Å². The number of carbonyl (C=O) groups excluding carboxylic acids is 1. The molecule has 0 aromatic heterocycles. The molecule has 4 aliphatic heterocycles. The number of ether oxygens (including phenoxy) is 2. The largest absolute Gasteiger partial charge is 0.487 e. The van der Waals surface area contributed by atoms with Crippen LogP contribution in [-0.4, -0.2) is 71.2 Å². The Morgan fingerprint density at radius 2 is 1.94 bits per heavy atom. The van der Waals surface area contributed by atoms with Crippen LogP contribution >= 0.6 is 0 Å². The highest BCUT2D eigenvalue weighted by Gasteiger charge is 2.57. The highest BCUT2D eigenvalue weighted by molar-refractivity contribution is 5.80. The van der Waals surface area contributed by atoms with E-state index < -0.39 is 11.6 Å². The Hall–Kier alpha value is -2.12. The zero-order chi connectivity index (χ0) is 23.2. The van der Waals surface area contributed by atoms with Crippen LogP contribution in [0.15, 0.2) is 24.3 Å². The Morgan fingerprint density at radius 1 is 1.18 bits per heavy atom. The molecule has 1 aromatic rings. The van der Waals surface area contributed by atoms with Gasteiger partial charge in [-0.15, -0.1) is 0 Å². The number of nitrogens with zero attached hydrogens (tertiary/aromatic N) is 2. The number of rotatable bonds is 4. The molecule has 5 rings (SSSR count). The zero-order valence-corrected chi connectivity index (χ0v) is 19.8. The molecular formula is C26H36N2O5. The highest BCUT2D eigenvalue weighted by atomic mass is 16.5. The number of amides is 1. The number of para-hydroxylation sites is 1. The van der Waals surface area contributed by atoms with Crippen molar-refractivity contribution in [3.63, 3.8) is 0 Å². The Balaban J connectivity index is 1.43. The maximum absolute atomic E-state index is 13.7. The van der Waals surface area contributed by atoms with E-state index in [-0.39, 0.29) is 35.8 Å². The van der Waals surface area contributed by atoms with E-state index in [0.717, 1.165) is 63.1 Å². The van der Waals surface area contributed by atoms with Crippen molar-refractivity contribution < 1.29 is 24.2 Å². The van der Waals surface area contributed by atoms with Crippen molar-refractivity contribution in [1.29, 1.82) is 0 Å². The van der Waals surface area contributed by atoms with Gasteiger partial charge in [0.05, 0.1) is 18.2 Å². The van der Waals surface area contributed by atoms with Crippen LogP contribution in [-0.2, 0) is 14.3 Å². The van der Waals surface area contributed by atoms with Crippen molar-refractivity contribution in [3.05, 3.63) is 29.8 Å². The number of carboxylic acids is 1. The van der Waals surface area contributed by atoms with Gasteiger partial charge in [0.25, 0.3) is 0 Å². The number of piperidine rings is 1. The maximum atomic E-state index is 13.7. The van der Waals surface area contributed by atoms with E-state index in [1.165, 1.54) is 0 Å². The van der Waals surface area contributed by atoms with Crippen molar-refractivity contribution in [1.82, 2.24) is 9.80 Å². The maximum Gasteiger partial charge on any atom is 0.303 e. The lowest BCUT2D eigenvalue weighted by Crippen LogP contribution is -2.61. The van der Waals surface area contributed by atoms with E-state index in [1.54, 1.807) is 0 Å². The highest BCUT2D eigenvalue weighted by Crippen LogP contribution is 2.55. The van der Waals surface area contributed by atoms with Crippen LogP contribution in [0.2, 0.25) is 0 Å². The molecule has 3 saturated heterocycles. The number of aliphatic carboxylic acids is 1. The molecule has 4 atom stereocenters. The van der Waals surface area contributed by atoms with Gasteiger partial charge in [-0.3, -0.25) is 9.59 Å². The molecule has 1 spiro atoms. The number of hydrogen-bond acceptors (Lipinski definition) is 5. The Morgan fingerprint density at radius 3 is 2.70 bits per heavy atom. The van der Waals surface area contributed by atoms with Crippen LogP contribution in [0, 0.1) is 11.8 Å². The third-order valence-corrected chi connectivity index (χ3v) is 8.62. The van der Waals surface area contributed by atoms with Gasteiger partial charge in [0.2, 0.25) is 5.91 Å². The number of likely N-dealkylation sites (tertiary alicyclic amines) is 2. The summed E-state index contributed by atoms with van der Waals surface area (Å²) in [5.41, 5.74) is 0.0635. The molecule has 4 aliphatic rings. The molecule has 0 bridgehead atoms. The summed E-state index contributed by atoms with van der Waals surface area (Å²) in [6.07, 6.45) is 4.88. The molecule has 1 N–H and O–H groups in total. The second kappa shape index (κ2) is 8.58. The topological polar surface area (TPSA) is 79.3 Å². The van der Waals surface area contributed by atoms with Crippen LogP contribution in [0.25, 0.3) is 0 Å². The first kappa shape index (κ1) is 22.7. The lowest BCUT2D eigenvalue weighted by molar-refractivity contribution is -0.182. The minimum absolute atomic E-state index is 0.00797. The van der Waals surface area contributed by atoms with E-state index >= 15 is 0 Å². The van der Waals surface area contributed by atoms with Crippen molar-refractivity contribution >= 4 is 11.9 Å². The molecule has 0 unspecified atom stereocenters.